The Labute approximate surface area is 141 Å². The first-order chi connectivity index (χ1) is 10.6. The maximum absolute atomic E-state index is 11.8. The monoisotopic (exact) mass is 333 g/mol. The lowest BCUT2D eigenvalue weighted by molar-refractivity contribution is -0.118. The molecule has 22 heavy (non-hydrogen) atoms. The van der Waals surface area contributed by atoms with Crippen LogP contribution < -0.4 is 5.32 Å². The summed E-state index contributed by atoms with van der Waals surface area (Å²) in [5, 5.41) is 3.69. The molecule has 2 rings (SSSR count). The molecule has 0 fully saturated rings. The zero-order valence-electron chi connectivity index (χ0n) is 12.6. The number of benzene rings is 2. The zero-order chi connectivity index (χ0) is 15.8. The van der Waals surface area contributed by atoms with E-state index in [1.807, 2.05) is 24.3 Å². The summed E-state index contributed by atoms with van der Waals surface area (Å²) in [6.07, 6.45) is 0.825. The third-order valence-electron chi connectivity index (χ3n) is 3.23. The molecular formula is C18H20ClNOS. The molecular weight excluding hydrogens is 314 g/mol. The number of halogens is 1. The number of carbonyl (C=O) groups excluding carboxylic acids is 1. The van der Waals surface area contributed by atoms with Crippen LogP contribution >= 0.6 is 23.4 Å². The lowest BCUT2D eigenvalue weighted by Crippen LogP contribution is -2.27. The molecule has 0 heterocycles. The van der Waals surface area contributed by atoms with Crippen LogP contribution in [0.15, 0.2) is 48.5 Å². The molecule has 2 nitrogen and oxygen atoms in total. The number of carbonyl (C=O) groups is 1. The van der Waals surface area contributed by atoms with E-state index in [0.717, 1.165) is 17.2 Å². The molecule has 0 atom stereocenters. The highest BCUT2D eigenvalue weighted by Gasteiger charge is 2.02. The lowest BCUT2D eigenvalue weighted by Gasteiger charge is -2.06. The fraction of sp³-hybridized carbons (Fsp3) is 0.278. The lowest BCUT2D eigenvalue weighted by atomic mass is 10.1. The molecule has 0 bridgehead atoms. The minimum atomic E-state index is 0.0895. The Bertz CT molecular complexity index is 613. The van der Waals surface area contributed by atoms with Crippen LogP contribution in [0.3, 0.4) is 0 Å². The Morgan fingerprint density at radius 2 is 1.91 bits per heavy atom. The SMILES string of the molecule is Cc1cccc(CSCC(=O)NCCc2ccc(Cl)cc2)c1. The van der Waals surface area contributed by atoms with E-state index >= 15 is 0 Å². The summed E-state index contributed by atoms with van der Waals surface area (Å²) >= 11 is 7.48. The van der Waals surface area contributed by atoms with Crippen LogP contribution in [0.25, 0.3) is 0 Å². The summed E-state index contributed by atoms with van der Waals surface area (Å²) in [6, 6.07) is 16.1. The second-order valence-corrected chi connectivity index (χ2v) is 6.63. The maximum atomic E-state index is 11.8. The quantitative estimate of drug-likeness (QED) is 0.821. The van der Waals surface area contributed by atoms with Gasteiger partial charge in [-0.05, 0) is 36.6 Å². The van der Waals surface area contributed by atoms with Gasteiger partial charge in [0.2, 0.25) is 5.91 Å². The Balaban J connectivity index is 1.62. The Morgan fingerprint density at radius 1 is 1.14 bits per heavy atom. The van der Waals surface area contributed by atoms with E-state index in [0.29, 0.717) is 12.3 Å². The summed E-state index contributed by atoms with van der Waals surface area (Å²) in [5.74, 6) is 1.45. The smallest absolute Gasteiger partial charge is 0.230 e. The van der Waals surface area contributed by atoms with Crippen LogP contribution in [0, 0.1) is 6.92 Å². The molecule has 0 aromatic heterocycles. The molecule has 0 unspecified atom stereocenters. The van der Waals surface area contributed by atoms with Crippen molar-refractivity contribution in [1.29, 1.82) is 0 Å². The molecule has 1 amide bonds. The van der Waals surface area contributed by atoms with Gasteiger partial charge in [-0.15, -0.1) is 11.8 Å². The van der Waals surface area contributed by atoms with Gasteiger partial charge in [-0.3, -0.25) is 4.79 Å². The first-order valence-corrected chi connectivity index (χ1v) is 8.81. The normalized spacial score (nSPS) is 10.5. The van der Waals surface area contributed by atoms with Crippen molar-refractivity contribution in [3.63, 3.8) is 0 Å². The van der Waals surface area contributed by atoms with E-state index in [1.165, 1.54) is 16.7 Å². The minimum absolute atomic E-state index is 0.0895. The van der Waals surface area contributed by atoms with E-state index in [1.54, 1.807) is 11.8 Å². The summed E-state index contributed by atoms with van der Waals surface area (Å²) in [7, 11) is 0. The van der Waals surface area contributed by atoms with Crippen molar-refractivity contribution in [3.8, 4) is 0 Å². The van der Waals surface area contributed by atoms with Gasteiger partial charge in [0.05, 0.1) is 5.75 Å². The van der Waals surface area contributed by atoms with Crippen LogP contribution in [0.2, 0.25) is 5.02 Å². The van der Waals surface area contributed by atoms with E-state index in [9.17, 15) is 4.79 Å². The van der Waals surface area contributed by atoms with Gasteiger partial charge in [0.25, 0.3) is 0 Å². The van der Waals surface area contributed by atoms with Crippen molar-refractivity contribution in [2.24, 2.45) is 0 Å². The fourth-order valence-corrected chi connectivity index (χ4v) is 3.04. The van der Waals surface area contributed by atoms with Gasteiger partial charge in [-0.2, -0.15) is 0 Å². The van der Waals surface area contributed by atoms with E-state index in [2.05, 4.69) is 36.5 Å². The fourth-order valence-electron chi connectivity index (χ4n) is 2.11. The third kappa shape index (κ3) is 6.12. The second-order valence-electron chi connectivity index (χ2n) is 5.21. The average Bonchev–Trinajstić information content (AvgIpc) is 2.49. The Hall–Kier alpha value is -1.45. The van der Waals surface area contributed by atoms with E-state index < -0.39 is 0 Å². The van der Waals surface area contributed by atoms with Crippen molar-refractivity contribution >= 4 is 29.3 Å². The molecule has 2 aromatic rings. The number of nitrogens with one attached hydrogen (secondary N) is 1. The van der Waals surface area contributed by atoms with Crippen LogP contribution in [-0.2, 0) is 17.0 Å². The largest absolute Gasteiger partial charge is 0.355 e. The highest BCUT2D eigenvalue weighted by atomic mass is 35.5. The molecule has 4 heteroatoms. The van der Waals surface area contributed by atoms with Gasteiger partial charge in [-0.1, -0.05) is 53.6 Å². The number of hydrogen-bond acceptors (Lipinski definition) is 2. The number of amides is 1. The Kier molecular flexibility index (Phi) is 6.81. The number of thioether (sulfide) groups is 1. The van der Waals surface area contributed by atoms with Crippen LogP contribution in [0.5, 0.6) is 0 Å². The standard InChI is InChI=1S/C18H20ClNOS/c1-14-3-2-4-16(11-14)12-22-13-18(21)20-10-9-15-5-7-17(19)8-6-15/h2-8,11H,9-10,12-13H2,1H3,(H,20,21). The van der Waals surface area contributed by atoms with Crippen molar-refractivity contribution in [1.82, 2.24) is 5.32 Å². The molecule has 2 aromatic carbocycles. The van der Waals surface area contributed by atoms with Gasteiger partial charge < -0.3 is 5.32 Å². The highest BCUT2D eigenvalue weighted by molar-refractivity contribution is 7.99. The van der Waals surface area contributed by atoms with Crippen LogP contribution in [0.1, 0.15) is 16.7 Å². The van der Waals surface area contributed by atoms with Crippen molar-refractivity contribution in [3.05, 3.63) is 70.2 Å². The summed E-state index contributed by atoms with van der Waals surface area (Å²) in [6.45, 7) is 2.74. The maximum Gasteiger partial charge on any atom is 0.230 e. The van der Waals surface area contributed by atoms with Gasteiger partial charge in [0.1, 0.15) is 0 Å². The van der Waals surface area contributed by atoms with Crippen molar-refractivity contribution in [2.45, 2.75) is 19.1 Å². The van der Waals surface area contributed by atoms with E-state index in [-0.39, 0.29) is 5.91 Å². The topological polar surface area (TPSA) is 29.1 Å². The Morgan fingerprint density at radius 3 is 2.64 bits per heavy atom. The van der Waals surface area contributed by atoms with Crippen LogP contribution in [0.4, 0.5) is 0 Å². The van der Waals surface area contributed by atoms with Gasteiger partial charge in [0.15, 0.2) is 0 Å². The molecule has 0 aliphatic heterocycles. The molecule has 0 spiro atoms. The summed E-state index contributed by atoms with van der Waals surface area (Å²) < 4.78 is 0. The predicted molar refractivity (Wildman–Crippen MR) is 95.5 cm³/mol. The van der Waals surface area contributed by atoms with Gasteiger partial charge >= 0.3 is 0 Å². The first-order valence-electron chi connectivity index (χ1n) is 7.28. The molecule has 0 saturated heterocycles. The first kappa shape index (κ1) is 16.9. The van der Waals surface area contributed by atoms with Gasteiger partial charge in [0, 0.05) is 17.3 Å². The average molecular weight is 334 g/mol. The van der Waals surface area contributed by atoms with Crippen molar-refractivity contribution in [2.75, 3.05) is 12.3 Å². The number of hydrogen-bond donors (Lipinski definition) is 1. The molecule has 0 aliphatic rings. The third-order valence-corrected chi connectivity index (χ3v) is 4.49. The second kappa shape index (κ2) is 8.86. The zero-order valence-corrected chi connectivity index (χ0v) is 14.2. The van der Waals surface area contributed by atoms with Gasteiger partial charge in [-0.25, -0.2) is 0 Å². The van der Waals surface area contributed by atoms with Crippen molar-refractivity contribution < 1.29 is 4.79 Å². The highest BCUT2D eigenvalue weighted by Crippen LogP contribution is 2.13. The minimum Gasteiger partial charge on any atom is -0.355 e. The number of rotatable bonds is 7. The molecule has 0 aliphatic carbocycles. The molecule has 1 N–H and O–H groups in total. The molecule has 0 saturated carbocycles. The molecule has 116 valence electrons. The molecule has 0 radical (unpaired) electrons. The summed E-state index contributed by atoms with van der Waals surface area (Å²) in [5.41, 5.74) is 3.70. The van der Waals surface area contributed by atoms with E-state index in [4.69, 9.17) is 11.6 Å². The summed E-state index contributed by atoms with van der Waals surface area (Å²) in [4.78, 5) is 11.8. The number of aryl methyl sites for hydroxylation is 1. The van der Waals surface area contributed by atoms with Crippen LogP contribution in [-0.4, -0.2) is 18.2 Å². The predicted octanol–water partition coefficient (Wildman–Crippen LogP) is 4.24.